The van der Waals surface area contributed by atoms with Crippen LogP contribution < -0.4 is 10.6 Å². The molecule has 0 aromatic carbocycles. The van der Waals surface area contributed by atoms with Gasteiger partial charge in [-0.3, -0.25) is 9.59 Å². The molecule has 4 saturated carbocycles. The number of carbonyl (C=O) groups is 2. The minimum atomic E-state index is -0.764. The van der Waals surface area contributed by atoms with Crippen molar-refractivity contribution in [1.29, 1.82) is 0 Å². The van der Waals surface area contributed by atoms with Crippen LogP contribution >= 0.6 is 0 Å². The molecule has 4 fully saturated rings. The highest BCUT2D eigenvalue weighted by atomic mass is 19.1. The van der Waals surface area contributed by atoms with Crippen molar-refractivity contribution in [3.63, 3.8) is 0 Å². The van der Waals surface area contributed by atoms with Crippen LogP contribution in [0.25, 0.3) is 6.20 Å². The van der Waals surface area contributed by atoms with Gasteiger partial charge in [-0.25, -0.2) is 4.39 Å². The third-order valence-corrected chi connectivity index (χ3v) is 7.08. The molecule has 7 heteroatoms. The molecule has 0 radical (unpaired) electrons. The van der Waals surface area contributed by atoms with E-state index in [4.69, 9.17) is 0 Å². The summed E-state index contributed by atoms with van der Waals surface area (Å²) in [6, 6.07) is 1.70. The van der Waals surface area contributed by atoms with Gasteiger partial charge < -0.3 is 20.3 Å². The van der Waals surface area contributed by atoms with Gasteiger partial charge in [0.2, 0.25) is 5.91 Å². The summed E-state index contributed by atoms with van der Waals surface area (Å²) in [5, 5.41) is 16.7. The quantitative estimate of drug-likeness (QED) is 0.665. The number of alkyl halides is 1. The van der Waals surface area contributed by atoms with Gasteiger partial charge in [-0.2, -0.15) is 0 Å². The largest absolute Gasteiger partial charge is 0.390 e. The van der Waals surface area contributed by atoms with Gasteiger partial charge in [0, 0.05) is 25.4 Å². The van der Waals surface area contributed by atoms with E-state index in [0.29, 0.717) is 29.0 Å². The molecule has 1 aromatic heterocycles. The average Bonchev–Trinajstić information content (AvgIpc) is 3.03. The first-order valence-electron chi connectivity index (χ1n) is 10.9. The Morgan fingerprint density at radius 1 is 1.30 bits per heavy atom. The molecular formula is C23H32FN3O3. The molecule has 4 bridgehead atoms. The number of hydrogen-bond donors (Lipinski definition) is 3. The van der Waals surface area contributed by atoms with E-state index in [1.807, 2.05) is 13.8 Å². The standard InChI is InChI=1S/C23H32FN3O3/c1-14(28)26-22(2,3)5-7-27-6-4-18(19(27)13-24)21(29)25-20-16-8-15-9-17(20)12-23(30,10-15)11-16/h4-7,15-17,20,30H,8-13H2,1-3H3,(H,25,29)(H,26,28)/b7-5+/t15?,16?,17?,20-,23-. The van der Waals surface area contributed by atoms with E-state index >= 15 is 0 Å². The Hall–Kier alpha value is -2.15. The van der Waals surface area contributed by atoms with Gasteiger partial charge >= 0.3 is 0 Å². The van der Waals surface area contributed by atoms with Crippen LogP contribution in [0.2, 0.25) is 0 Å². The van der Waals surface area contributed by atoms with Crippen molar-refractivity contribution >= 4 is 18.0 Å². The van der Waals surface area contributed by atoms with E-state index in [9.17, 15) is 19.1 Å². The summed E-state index contributed by atoms with van der Waals surface area (Å²) >= 11 is 0. The van der Waals surface area contributed by atoms with E-state index in [0.717, 1.165) is 32.1 Å². The summed E-state index contributed by atoms with van der Waals surface area (Å²) in [4.78, 5) is 24.3. The summed E-state index contributed by atoms with van der Waals surface area (Å²) in [5.41, 5.74) is -0.500. The van der Waals surface area contributed by atoms with Crippen LogP contribution in [0.1, 0.15) is 68.9 Å². The Kier molecular flexibility index (Phi) is 5.29. The van der Waals surface area contributed by atoms with Crippen LogP contribution in [-0.2, 0) is 11.5 Å². The Morgan fingerprint density at radius 3 is 2.53 bits per heavy atom. The van der Waals surface area contributed by atoms with Crippen LogP contribution in [0.3, 0.4) is 0 Å². The number of rotatable bonds is 6. The highest BCUT2D eigenvalue weighted by Crippen LogP contribution is 2.55. The summed E-state index contributed by atoms with van der Waals surface area (Å²) < 4.78 is 15.4. The van der Waals surface area contributed by atoms with Crippen molar-refractivity contribution in [2.45, 2.75) is 76.7 Å². The number of carbonyl (C=O) groups excluding carboxylic acids is 2. The summed E-state index contributed by atoms with van der Waals surface area (Å²) in [7, 11) is 0. The van der Waals surface area contributed by atoms with Gasteiger partial charge in [0.05, 0.1) is 22.4 Å². The molecule has 2 amide bonds. The SMILES string of the molecule is CC(=O)NC(C)(C)/C=C/n1ccc(C(=O)N[C@H]2C3CC4CC2C[C@](O)(C4)C3)c1CF. The summed E-state index contributed by atoms with van der Waals surface area (Å²) in [6.45, 7) is 4.37. The first-order valence-corrected chi connectivity index (χ1v) is 10.9. The Balaban J connectivity index is 1.48. The number of nitrogens with zero attached hydrogens (tertiary/aromatic N) is 1. The summed E-state index contributed by atoms with van der Waals surface area (Å²) in [6.07, 6.45) is 9.64. The molecule has 30 heavy (non-hydrogen) atoms. The fourth-order valence-corrected chi connectivity index (χ4v) is 6.18. The zero-order valence-corrected chi connectivity index (χ0v) is 18.0. The molecule has 2 unspecified atom stereocenters. The topological polar surface area (TPSA) is 83.4 Å². The second kappa shape index (κ2) is 7.52. The molecule has 164 valence electrons. The molecule has 1 heterocycles. The highest BCUT2D eigenvalue weighted by molar-refractivity contribution is 5.96. The Labute approximate surface area is 176 Å². The maximum Gasteiger partial charge on any atom is 0.253 e. The van der Waals surface area contributed by atoms with Crippen LogP contribution in [0, 0.1) is 17.8 Å². The Bertz CT molecular complexity index is 859. The lowest BCUT2D eigenvalue weighted by Gasteiger charge is -2.58. The van der Waals surface area contributed by atoms with Crippen molar-refractivity contribution in [1.82, 2.24) is 15.2 Å². The number of hydrogen-bond acceptors (Lipinski definition) is 3. The lowest BCUT2D eigenvalue weighted by molar-refractivity contribution is -0.136. The van der Waals surface area contributed by atoms with Gasteiger partial charge in [0.1, 0.15) is 6.67 Å². The van der Waals surface area contributed by atoms with Crippen molar-refractivity contribution in [2.75, 3.05) is 0 Å². The molecule has 6 nitrogen and oxygen atoms in total. The number of aliphatic hydroxyl groups is 1. The molecule has 3 N–H and O–H groups in total. The first kappa shape index (κ1) is 21.1. The fraction of sp³-hybridized carbons (Fsp3) is 0.652. The minimum absolute atomic E-state index is 0.0550. The molecule has 0 aliphatic heterocycles. The number of amides is 2. The maximum absolute atomic E-state index is 13.8. The Morgan fingerprint density at radius 2 is 1.97 bits per heavy atom. The van der Waals surface area contributed by atoms with Crippen molar-refractivity contribution in [2.24, 2.45) is 17.8 Å². The van der Waals surface area contributed by atoms with Gasteiger partial charge in [-0.05, 0) is 75.8 Å². The molecule has 4 aliphatic rings. The second-order valence-corrected chi connectivity index (χ2v) is 10.1. The summed E-state index contributed by atoms with van der Waals surface area (Å²) in [5.74, 6) is 0.780. The molecule has 2 atom stereocenters. The highest BCUT2D eigenvalue weighted by Gasteiger charge is 2.55. The minimum Gasteiger partial charge on any atom is -0.390 e. The molecule has 0 saturated heterocycles. The van der Waals surface area contributed by atoms with E-state index < -0.39 is 17.8 Å². The second-order valence-electron chi connectivity index (χ2n) is 10.1. The zero-order chi connectivity index (χ0) is 21.7. The third-order valence-electron chi connectivity index (χ3n) is 7.08. The average molecular weight is 418 g/mol. The van der Waals surface area contributed by atoms with Gasteiger partial charge in [-0.15, -0.1) is 0 Å². The lowest BCUT2D eigenvalue weighted by atomic mass is 9.52. The van der Waals surface area contributed by atoms with Gasteiger partial charge in [-0.1, -0.05) is 0 Å². The van der Waals surface area contributed by atoms with Crippen LogP contribution in [0.5, 0.6) is 0 Å². The maximum atomic E-state index is 13.8. The van der Waals surface area contributed by atoms with E-state index in [1.54, 1.807) is 29.1 Å². The first-order chi connectivity index (χ1) is 14.1. The van der Waals surface area contributed by atoms with Crippen molar-refractivity contribution in [3.8, 4) is 0 Å². The fourth-order valence-electron chi connectivity index (χ4n) is 6.18. The smallest absolute Gasteiger partial charge is 0.253 e. The molecule has 1 aromatic rings. The zero-order valence-electron chi connectivity index (χ0n) is 18.0. The number of nitrogens with one attached hydrogen (secondary N) is 2. The van der Waals surface area contributed by atoms with Gasteiger partial charge in [0.15, 0.2) is 0 Å². The normalized spacial score (nSPS) is 32.6. The molecule has 5 rings (SSSR count). The van der Waals surface area contributed by atoms with Crippen LogP contribution in [0.15, 0.2) is 18.3 Å². The third kappa shape index (κ3) is 4.04. The monoisotopic (exact) mass is 417 g/mol. The predicted molar refractivity (Wildman–Crippen MR) is 112 cm³/mol. The molecule has 0 spiro atoms. The van der Waals surface area contributed by atoms with E-state index in [1.165, 1.54) is 6.92 Å². The lowest BCUT2D eigenvalue weighted by Crippen LogP contribution is -2.61. The van der Waals surface area contributed by atoms with E-state index in [-0.39, 0.29) is 17.9 Å². The van der Waals surface area contributed by atoms with Crippen LogP contribution in [0.4, 0.5) is 4.39 Å². The van der Waals surface area contributed by atoms with Crippen LogP contribution in [-0.4, -0.2) is 38.7 Å². The van der Waals surface area contributed by atoms with Gasteiger partial charge in [0.25, 0.3) is 5.91 Å². The molecule has 4 aliphatic carbocycles. The predicted octanol–water partition coefficient (Wildman–Crippen LogP) is 3.01. The van der Waals surface area contributed by atoms with Crippen molar-refractivity contribution < 1.29 is 19.1 Å². The number of aromatic nitrogens is 1. The number of halogens is 1. The van der Waals surface area contributed by atoms with E-state index in [2.05, 4.69) is 10.6 Å². The molecular weight excluding hydrogens is 385 g/mol. The van der Waals surface area contributed by atoms with Crippen molar-refractivity contribution in [3.05, 3.63) is 29.6 Å².